The van der Waals surface area contributed by atoms with Gasteiger partial charge in [-0.25, -0.2) is 0 Å². The third-order valence-electron chi connectivity index (χ3n) is 5.99. The highest BCUT2D eigenvalue weighted by Crippen LogP contribution is 2.56. The first-order valence-corrected chi connectivity index (χ1v) is 8.44. The van der Waals surface area contributed by atoms with Crippen molar-refractivity contribution in [3.8, 4) is 0 Å². The van der Waals surface area contributed by atoms with Crippen LogP contribution in [-0.2, 0) is 11.2 Å². The number of aldehydes is 1. The zero-order valence-electron chi connectivity index (χ0n) is 13.1. The maximum Gasteiger partial charge on any atom is 0.247 e. The molecule has 0 amide bonds. The Balaban J connectivity index is 1.56. The van der Waals surface area contributed by atoms with Gasteiger partial charge in [0, 0.05) is 18.2 Å². The predicted octanol–water partition coefficient (Wildman–Crippen LogP) is 3.56. The summed E-state index contributed by atoms with van der Waals surface area (Å²) >= 11 is 0. The molecule has 2 aliphatic rings. The van der Waals surface area contributed by atoms with Gasteiger partial charge in [-0.3, -0.25) is 4.79 Å². The average Bonchev–Trinajstić information content (AvgIpc) is 2.89. The lowest BCUT2D eigenvalue weighted by atomic mass is 9.63. The molecule has 1 unspecified atom stereocenters. The summed E-state index contributed by atoms with van der Waals surface area (Å²) in [5.74, 6) is 0.545. The number of hydrogen-bond donors (Lipinski definition) is 1. The van der Waals surface area contributed by atoms with Crippen LogP contribution in [0.3, 0.4) is 0 Å². The van der Waals surface area contributed by atoms with Crippen LogP contribution in [0.25, 0.3) is 0 Å². The van der Waals surface area contributed by atoms with Gasteiger partial charge in [-0.2, -0.15) is 0 Å². The van der Waals surface area contributed by atoms with Crippen LogP contribution in [0.2, 0.25) is 0 Å². The van der Waals surface area contributed by atoms with Gasteiger partial charge < -0.3 is 9.78 Å². The number of benzene rings is 1. The molecule has 1 aromatic heterocycles. The van der Waals surface area contributed by atoms with Crippen molar-refractivity contribution in [3.05, 3.63) is 69.6 Å². The van der Waals surface area contributed by atoms with E-state index in [4.69, 9.17) is 0 Å². The van der Waals surface area contributed by atoms with E-state index in [1.807, 2.05) is 18.3 Å². The Morgan fingerprint density at radius 1 is 1.09 bits per heavy atom. The van der Waals surface area contributed by atoms with E-state index in [1.165, 1.54) is 23.0 Å². The van der Waals surface area contributed by atoms with E-state index >= 15 is 0 Å². The molecule has 3 nitrogen and oxygen atoms in total. The first-order valence-electron chi connectivity index (χ1n) is 8.44. The third-order valence-corrected chi connectivity index (χ3v) is 5.99. The van der Waals surface area contributed by atoms with E-state index in [0.717, 1.165) is 32.1 Å². The Hall–Kier alpha value is -2.16. The van der Waals surface area contributed by atoms with Crippen molar-refractivity contribution < 1.29 is 4.79 Å². The summed E-state index contributed by atoms with van der Waals surface area (Å²) in [6.45, 7) is 0. The monoisotopic (exact) mass is 307 g/mol. The molecule has 118 valence electrons. The van der Waals surface area contributed by atoms with Crippen LogP contribution >= 0.6 is 0 Å². The van der Waals surface area contributed by atoms with Gasteiger partial charge >= 0.3 is 0 Å². The van der Waals surface area contributed by atoms with Crippen molar-refractivity contribution in [1.29, 1.82) is 0 Å². The Bertz CT molecular complexity index is 764. The Labute approximate surface area is 135 Å². The van der Waals surface area contributed by atoms with Crippen LogP contribution in [-0.4, -0.2) is 11.3 Å². The molecular formula is C20H21NO2. The van der Waals surface area contributed by atoms with Crippen molar-refractivity contribution in [1.82, 2.24) is 4.98 Å². The number of aromatic nitrogens is 1. The van der Waals surface area contributed by atoms with Crippen molar-refractivity contribution >= 4 is 6.29 Å². The van der Waals surface area contributed by atoms with E-state index < -0.39 is 0 Å². The fraction of sp³-hybridized carbons (Fsp3) is 0.400. The fourth-order valence-corrected chi connectivity index (χ4v) is 4.73. The molecular weight excluding hydrogens is 286 g/mol. The summed E-state index contributed by atoms with van der Waals surface area (Å²) in [7, 11) is 0. The quantitative estimate of drug-likeness (QED) is 0.863. The van der Waals surface area contributed by atoms with Crippen molar-refractivity contribution in [2.24, 2.45) is 5.41 Å². The second kappa shape index (κ2) is 5.48. The van der Waals surface area contributed by atoms with Gasteiger partial charge in [0.1, 0.15) is 6.29 Å². The van der Waals surface area contributed by atoms with Crippen LogP contribution in [0.4, 0.5) is 0 Å². The van der Waals surface area contributed by atoms with Gasteiger partial charge in [0.15, 0.2) is 0 Å². The number of nitrogens with one attached hydrogen (secondary N) is 1. The van der Waals surface area contributed by atoms with E-state index in [0.29, 0.717) is 5.92 Å². The standard InChI is InChI=1S/C20H21NO2/c22-13-18-17-4-2-1-3-15(17)11-20(18)9-7-14(8-10-20)16-5-6-19(23)21-12-16/h1-6,12-14,18H,7-11H2,(H,21,23). The maximum atomic E-state index is 11.8. The molecule has 1 N–H and O–H groups in total. The minimum atomic E-state index is -0.0479. The van der Waals surface area contributed by atoms with Crippen LogP contribution in [0.1, 0.15) is 54.2 Å². The van der Waals surface area contributed by atoms with Gasteiger partial charge in [0.25, 0.3) is 0 Å². The summed E-state index contributed by atoms with van der Waals surface area (Å²) in [5, 5.41) is 0. The number of aromatic amines is 1. The number of fused-ring (bicyclic) bond motifs is 1. The molecule has 2 aliphatic carbocycles. The highest BCUT2D eigenvalue weighted by molar-refractivity contribution is 5.67. The first-order chi connectivity index (χ1) is 11.2. The highest BCUT2D eigenvalue weighted by Gasteiger charge is 2.47. The maximum absolute atomic E-state index is 11.8. The number of H-pyrrole nitrogens is 1. The lowest BCUT2D eigenvalue weighted by Crippen LogP contribution is -2.32. The van der Waals surface area contributed by atoms with Crippen LogP contribution < -0.4 is 5.56 Å². The lowest BCUT2D eigenvalue weighted by Gasteiger charge is -2.40. The van der Waals surface area contributed by atoms with Gasteiger partial charge in [-0.1, -0.05) is 30.3 Å². The summed E-state index contributed by atoms with van der Waals surface area (Å²) in [5.41, 5.74) is 3.88. The zero-order chi connectivity index (χ0) is 15.9. The lowest BCUT2D eigenvalue weighted by molar-refractivity contribution is -0.112. The predicted molar refractivity (Wildman–Crippen MR) is 89.7 cm³/mol. The molecule has 1 spiro atoms. The number of carbonyl (C=O) groups excluding carboxylic acids is 1. The second-order valence-corrected chi connectivity index (χ2v) is 7.11. The molecule has 23 heavy (non-hydrogen) atoms. The summed E-state index contributed by atoms with van der Waals surface area (Å²) in [6, 6.07) is 12.0. The molecule has 1 saturated carbocycles. The summed E-state index contributed by atoms with van der Waals surface area (Å²) in [6.07, 6.45) is 8.39. The number of rotatable bonds is 2. The van der Waals surface area contributed by atoms with Crippen molar-refractivity contribution in [3.63, 3.8) is 0 Å². The number of hydrogen-bond acceptors (Lipinski definition) is 2. The van der Waals surface area contributed by atoms with Gasteiger partial charge in [0.2, 0.25) is 5.56 Å². The van der Waals surface area contributed by atoms with Gasteiger partial charge in [0.05, 0.1) is 0 Å². The fourth-order valence-electron chi connectivity index (χ4n) is 4.73. The number of pyridine rings is 1. The minimum Gasteiger partial charge on any atom is -0.329 e. The van der Waals surface area contributed by atoms with Crippen LogP contribution in [0.15, 0.2) is 47.4 Å². The smallest absolute Gasteiger partial charge is 0.247 e. The summed E-state index contributed by atoms with van der Waals surface area (Å²) in [4.78, 5) is 25.8. The Morgan fingerprint density at radius 3 is 2.57 bits per heavy atom. The Morgan fingerprint density at radius 2 is 1.87 bits per heavy atom. The normalized spacial score (nSPS) is 29.4. The van der Waals surface area contributed by atoms with Crippen molar-refractivity contribution in [2.45, 2.75) is 43.9 Å². The second-order valence-electron chi connectivity index (χ2n) is 7.11. The largest absolute Gasteiger partial charge is 0.329 e. The van der Waals surface area contributed by atoms with E-state index in [-0.39, 0.29) is 16.9 Å². The topological polar surface area (TPSA) is 49.9 Å². The van der Waals surface area contributed by atoms with E-state index in [9.17, 15) is 9.59 Å². The number of carbonyl (C=O) groups is 1. The SMILES string of the molecule is O=CC1c2ccccc2CC12CCC(c1ccc(=O)[nH]c1)CC2. The molecule has 0 radical (unpaired) electrons. The molecule has 1 atom stereocenters. The van der Waals surface area contributed by atoms with Crippen LogP contribution in [0, 0.1) is 5.41 Å². The highest BCUT2D eigenvalue weighted by atomic mass is 16.1. The molecule has 1 fully saturated rings. The molecule has 0 bridgehead atoms. The molecule has 0 saturated heterocycles. The Kier molecular flexibility index (Phi) is 3.44. The van der Waals surface area contributed by atoms with E-state index in [2.05, 4.69) is 23.2 Å². The zero-order valence-corrected chi connectivity index (χ0v) is 13.1. The molecule has 3 heteroatoms. The molecule has 0 aliphatic heterocycles. The molecule has 2 aromatic rings. The molecule has 1 heterocycles. The third kappa shape index (κ3) is 2.35. The molecule has 1 aromatic carbocycles. The van der Waals surface area contributed by atoms with Crippen LogP contribution in [0.5, 0.6) is 0 Å². The first kappa shape index (κ1) is 14.4. The molecule has 4 rings (SSSR count). The van der Waals surface area contributed by atoms with Gasteiger partial charge in [-0.15, -0.1) is 0 Å². The van der Waals surface area contributed by atoms with Gasteiger partial charge in [-0.05, 0) is 60.1 Å². The minimum absolute atomic E-state index is 0.0479. The van der Waals surface area contributed by atoms with E-state index in [1.54, 1.807) is 6.07 Å². The summed E-state index contributed by atoms with van der Waals surface area (Å²) < 4.78 is 0. The average molecular weight is 307 g/mol. The van der Waals surface area contributed by atoms with Crippen molar-refractivity contribution in [2.75, 3.05) is 0 Å².